The maximum Gasteiger partial charge on any atom is 0.163 e. The summed E-state index contributed by atoms with van der Waals surface area (Å²) in [6, 6.07) is 7.80. The SMILES string of the molecule is CCC[NH+]1CC[NH+]([C@H]2C[NH2+]Cc3ccc(C)cc32)CC1. The van der Waals surface area contributed by atoms with Gasteiger partial charge in [-0.2, -0.15) is 0 Å². The second-order valence-electron chi connectivity index (χ2n) is 6.64. The third-order valence-corrected chi connectivity index (χ3v) is 5.14. The van der Waals surface area contributed by atoms with Crippen LogP contribution >= 0.6 is 0 Å². The van der Waals surface area contributed by atoms with E-state index in [1.165, 1.54) is 57.8 Å². The van der Waals surface area contributed by atoms with Gasteiger partial charge in [-0.1, -0.05) is 24.6 Å². The Labute approximate surface area is 123 Å². The molecule has 2 heterocycles. The zero-order valence-corrected chi connectivity index (χ0v) is 13.0. The molecule has 0 unspecified atom stereocenters. The highest BCUT2D eigenvalue weighted by atomic mass is 15.3. The molecule has 110 valence electrons. The van der Waals surface area contributed by atoms with Gasteiger partial charge in [0.05, 0.1) is 6.54 Å². The number of nitrogens with one attached hydrogen (secondary N) is 2. The minimum atomic E-state index is 0.724. The minimum Gasteiger partial charge on any atom is -0.337 e. The van der Waals surface area contributed by atoms with Crippen LogP contribution in [0.5, 0.6) is 0 Å². The monoisotopic (exact) mass is 276 g/mol. The van der Waals surface area contributed by atoms with E-state index in [0.717, 1.165) is 6.04 Å². The molecule has 1 aromatic carbocycles. The van der Waals surface area contributed by atoms with E-state index in [9.17, 15) is 0 Å². The lowest BCUT2D eigenvalue weighted by Gasteiger charge is -2.36. The predicted octanol–water partition coefficient (Wildman–Crippen LogP) is -1.69. The number of quaternary nitrogens is 3. The zero-order valence-electron chi connectivity index (χ0n) is 13.0. The van der Waals surface area contributed by atoms with Crippen molar-refractivity contribution >= 4 is 0 Å². The van der Waals surface area contributed by atoms with Crippen molar-refractivity contribution in [2.24, 2.45) is 0 Å². The Bertz CT molecular complexity index is 450. The Kier molecular flexibility index (Phi) is 4.39. The third kappa shape index (κ3) is 2.90. The molecule has 3 nitrogen and oxygen atoms in total. The molecule has 1 fully saturated rings. The molecule has 0 radical (unpaired) electrons. The van der Waals surface area contributed by atoms with E-state index in [1.54, 1.807) is 11.1 Å². The van der Waals surface area contributed by atoms with Crippen LogP contribution in [0.1, 0.15) is 36.1 Å². The lowest BCUT2D eigenvalue weighted by Crippen LogP contribution is -3.29. The van der Waals surface area contributed by atoms with E-state index in [1.807, 2.05) is 9.80 Å². The summed E-state index contributed by atoms with van der Waals surface area (Å²) in [5.41, 5.74) is 4.63. The number of nitrogens with two attached hydrogens (primary N) is 1. The van der Waals surface area contributed by atoms with E-state index in [2.05, 4.69) is 37.4 Å². The quantitative estimate of drug-likeness (QED) is 0.587. The van der Waals surface area contributed by atoms with Gasteiger partial charge in [-0.25, -0.2) is 0 Å². The van der Waals surface area contributed by atoms with Gasteiger partial charge >= 0.3 is 0 Å². The smallest absolute Gasteiger partial charge is 0.163 e. The van der Waals surface area contributed by atoms with Crippen molar-refractivity contribution in [2.75, 3.05) is 39.3 Å². The van der Waals surface area contributed by atoms with Crippen LogP contribution in [0.4, 0.5) is 0 Å². The van der Waals surface area contributed by atoms with Crippen molar-refractivity contribution in [1.82, 2.24) is 0 Å². The van der Waals surface area contributed by atoms with Gasteiger partial charge in [0.25, 0.3) is 0 Å². The fraction of sp³-hybridized carbons (Fsp3) is 0.647. The molecule has 1 saturated heterocycles. The van der Waals surface area contributed by atoms with Crippen molar-refractivity contribution in [3.05, 3.63) is 34.9 Å². The maximum absolute atomic E-state index is 2.50. The van der Waals surface area contributed by atoms with Crippen LogP contribution in [0.25, 0.3) is 0 Å². The van der Waals surface area contributed by atoms with Gasteiger partial charge in [0.15, 0.2) is 6.04 Å². The van der Waals surface area contributed by atoms with Crippen LogP contribution in [-0.4, -0.2) is 39.3 Å². The Morgan fingerprint density at radius 1 is 1.20 bits per heavy atom. The topological polar surface area (TPSA) is 25.5 Å². The predicted molar refractivity (Wildman–Crippen MR) is 81.0 cm³/mol. The molecule has 1 aromatic rings. The minimum absolute atomic E-state index is 0.724. The first-order valence-electron chi connectivity index (χ1n) is 8.37. The first kappa shape index (κ1) is 14.1. The van der Waals surface area contributed by atoms with Crippen LogP contribution < -0.4 is 15.1 Å². The fourth-order valence-corrected chi connectivity index (χ4v) is 4.02. The molecule has 1 atom stereocenters. The Balaban J connectivity index is 1.72. The van der Waals surface area contributed by atoms with Gasteiger partial charge in [-0.05, 0) is 19.4 Å². The number of benzene rings is 1. The average molecular weight is 276 g/mol. The molecule has 0 amide bonds. The molecule has 20 heavy (non-hydrogen) atoms. The summed E-state index contributed by atoms with van der Waals surface area (Å²) in [6.07, 6.45) is 1.32. The van der Waals surface area contributed by atoms with Gasteiger partial charge < -0.3 is 15.1 Å². The van der Waals surface area contributed by atoms with Crippen molar-refractivity contribution in [2.45, 2.75) is 32.9 Å². The number of rotatable bonds is 3. The van der Waals surface area contributed by atoms with Crippen LogP contribution in [0.15, 0.2) is 18.2 Å². The van der Waals surface area contributed by atoms with E-state index >= 15 is 0 Å². The number of aryl methyl sites for hydroxylation is 1. The molecule has 3 heteroatoms. The van der Waals surface area contributed by atoms with Gasteiger partial charge in [-0.3, -0.25) is 0 Å². The summed E-state index contributed by atoms with van der Waals surface area (Å²) < 4.78 is 0. The lowest BCUT2D eigenvalue weighted by molar-refractivity contribution is -1.03. The highest BCUT2D eigenvalue weighted by Crippen LogP contribution is 2.18. The molecule has 0 spiro atoms. The summed E-state index contributed by atoms with van der Waals surface area (Å²) in [5, 5.41) is 2.50. The molecule has 0 bridgehead atoms. The van der Waals surface area contributed by atoms with Crippen molar-refractivity contribution < 1.29 is 15.1 Å². The summed E-state index contributed by atoms with van der Waals surface area (Å²) in [6.45, 7) is 13.8. The fourth-order valence-electron chi connectivity index (χ4n) is 4.02. The summed E-state index contributed by atoms with van der Waals surface area (Å²) in [5.74, 6) is 0. The Morgan fingerprint density at radius 3 is 2.75 bits per heavy atom. The second kappa shape index (κ2) is 6.25. The summed E-state index contributed by atoms with van der Waals surface area (Å²) >= 11 is 0. The number of hydrogen-bond donors (Lipinski definition) is 3. The normalized spacial score (nSPS) is 30.0. The van der Waals surface area contributed by atoms with Crippen LogP contribution in [-0.2, 0) is 6.54 Å². The Morgan fingerprint density at radius 2 is 2.00 bits per heavy atom. The first-order valence-corrected chi connectivity index (χ1v) is 8.37. The first-order chi connectivity index (χ1) is 9.78. The van der Waals surface area contributed by atoms with Gasteiger partial charge in [-0.15, -0.1) is 0 Å². The van der Waals surface area contributed by atoms with Crippen molar-refractivity contribution in [3.8, 4) is 0 Å². The molecule has 2 aliphatic heterocycles. The van der Waals surface area contributed by atoms with Crippen molar-refractivity contribution in [1.29, 1.82) is 0 Å². The van der Waals surface area contributed by atoms with Crippen LogP contribution in [0.3, 0.4) is 0 Å². The standard InChI is InChI=1S/C17H27N3/c1-3-6-19-7-9-20(10-8-19)17-13-18-12-15-5-4-14(2)11-16(15)17/h4-5,11,17-18H,3,6-10,12-13H2,1-2H3/p+3/t17-/m0/s1. The molecule has 0 aromatic heterocycles. The molecular weight excluding hydrogens is 246 g/mol. The molecule has 0 aliphatic carbocycles. The molecule has 4 N–H and O–H groups in total. The van der Waals surface area contributed by atoms with Crippen LogP contribution in [0.2, 0.25) is 0 Å². The summed E-state index contributed by atoms with van der Waals surface area (Å²) in [7, 11) is 0. The molecule has 2 aliphatic rings. The van der Waals surface area contributed by atoms with Crippen molar-refractivity contribution in [3.63, 3.8) is 0 Å². The maximum atomic E-state index is 2.50. The van der Waals surface area contributed by atoms with E-state index in [4.69, 9.17) is 0 Å². The largest absolute Gasteiger partial charge is 0.337 e. The molecule has 0 saturated carbocycles. The van der Waals surface area contributed by atoms with E-state index < -0.39 is 0 Å². The van der Waals surface area contributed by atoms with Crippen LogP contribution in [0, 0.1) is 6.92 Å². The zero-order chi connectivity index (χ0) is 13.9. The second-order valence-corrected chi connectivity index (χ2v) is 6.64. The third-order valence-electron chi connectivity index (χ3n) is 5.14. The van der Waals surface area contributed by atoms with Gasteiger partial charge in [0, 0.05) is 11.1 Å². The van der Waals surface area contributed by atoms with E-state index in [0.29, 0.717) is 0 Å². The highest BCUT2D eigenvalue weighted by Gasteiger charge is 2.34. The highest BCUT2D eigenvalue weighted by molar-refractivity contribution is 5.33. The van der Waals surface area contributed by atoms with Gasteiger partial charge in [0.2, 0.25) is 0 Å². The summed E-state index contributed by atoms with van der Waals surface area (Å²) in [4.78, 5) is 3.65. The average Bonchev–Trinajstić information content (AvgIpc) is 2.48. The number of fused-ring (bicyclic) bond motifs is 1. The lowest BCUT2D eigenvalue weighted by atomic mass is 9.93. The number of hydrogen-bond acceptors (Lipinski definition) is 0. The Hall–Kier alpha value is -0.900. The molecular formula is C17H30N3+3. The molecule has 3 rings (SSSR count). The van der Waals surface area contributed by atoms with E-state index in [-0.39, 0.29) is 0 Å². The number of piperazine rings is 1. The van der Waals surface area contributed by atoms with Gasteiger partial charge in [0.1, 0.15) is 39.3 Å².